The SMILES string of the molecule is Fc1ccc(NC2=NCCCC2)cc1F. The predicted molar refractivity (Wildman–Crippen MR) is 56.1 cm³/mol. The number of anilines is 1. The van der Waals surface area contributed by atoms with Gasteiger partial charge in [-0.25, -0.2) is 8.78 Å². The number of amidine groups is 1. The molecule has 1 heterocycles. The Morgan fingerprint density at radius 3 is 2.67 bits per heavy atom. The monoisotopic (exact) mass is 210 g/mol. The molecule has 0 atom stereocenters. The lowest BCUT2D eigenvalue weighted by Gasteiger charge is -2.13. The normalized spacial score (nSPS) is 16.0. The zero-order chi connectivity index (χ0) is 10.7. The van der Waals surface area contributed by atoms with E-state index in [0.29, 0.717) is 5.69 Å². The Labute approximate surface area is 87.0 Å². The Morgan fingerprint density at radius 1 is 1.13 bits per heavy atom. The molecule has 4 heteroatoms. The van der Waals surface area contributed by atoms with Crippen LogP contribution >= 0.6 is 0 Å². The maximum absolute atomic E-state index is 12.9. The summed E-state index contributed by atoms with van der Waals surface area (Å²) < 4.78 is 25.5. The van der Waals surface area contributed by atoms with Crippen molar-refractivity contribution in [1.29, 1.82) is 0 Å². The fourth-order valence-corrected chi connectivity index (χ4v) is 1.54. The average Bonchev–Trinajstić information content (AvgIpc) is 2.25. The van der Waals surface area contributed by atoms with Gasteiger partial charge in [-0.2, -0.15) is 0 Å². The van der Waals surface area contributed by atoms with Crippen LogP contribution in [0.1, 0.15) is 19.3 Å². The summed E-state index contributed by atoms with van der Waals surface area (Å²) in [6.45, 7) is 0.812. The fraction of sp³-hybridized carbons (Fsp3) is 0.364. The van der Waals surface area contributed by atoms with E-state index in [0.717, 1.165) is 43.8 Å². The van der Waals surface area contributed by atoms with Crippen LogP contribution in [0.2, 0.25) is 0 Å². The molecule has 80 valence electrons. The van der Waals surface area contributed by atoms with Crippen LogP contribution in [0, 0.1) is 11.6 Å². The zero-order valence-electron chi connectivity index (χ0n) is 8.26. The van der Waals surface area contributed by atoms with Gasteiger partial charge in [0.2, 0.25) is 0 Å². The number of nitrogens with zero attached hydrogens (tertiary/aromatic N) is 1. The molecule has 1 aromatic carbocycles. The van der Waals surface area contributed by atoms with Gasteiger partial charge in [0.25, 0.3) is 0 Å². The first kappa shape index (κ1) is 10.1. The van der Waals surface area contributed by atoms with Crippen molar-refractivity contribution >= 4 is 11.5 Å². The third-order valence-corrected chi connectivity index (χ3v) is 2.33. The van der Waals surface area contributed by atoms with Crippen LogP contribution in [-0.2, 0) is 0 Å². The van der Waals surface area contributed by atoms with Crippen molar-refractivity contribution in [3.8, 4) is 0 Å². The van der Waals surface area contributed by atoms with Crippen molar-refractivity contribution in [3.05, 3.63) is 29.8 Å². The summed E-state index contributed by atoms with van der Waals surface area (Å²) in [7, 11) is 0. The van der Waals surface area contributed by atoms with Crippen LogP contribution in [0.4, 0.5) is 14.5 Å². The summed E-state index contributed by atoms with van der Waals surface area (Å²) >= 11 is 0. The van der Waals surface area contributed by atoms with E-state index in [9.17, 15) is 8.78 Å². The first-order chi connectivity index (χ1) is 7.25. The first-order valence-electron chi connectivity index (χ1n) is 5.01. The minimum Gasteiger partial charge on any atom is -0.344 e. The molecule has 0 bridgehead atoms. The molecule has 1 aliphatic rings. The van der Waals surface area contributed by atoms with Crippen LogP contribution in [0.5, 0.6) is 0 Å². The highest BCUT2D eigenvalue weighted by atomic mass is 19.2. The second kappa shape index (κ2) is 4.38. The largest absolute Gasteiger partial charge is 0.344 e. The molecular formula is C11H12F2N2. The Hall–Kier alpha value is -1.45. The maximum atomic E-state index is 12.9. The molecule has 0 unspecified atom stereocenters. The number of benzene rings is 1. The number of hydrogen-bond acceptors (Lipinski definition) is 2. The van der Waals surface area contributed by atoms with Gasteiger partial charge >= 0.3 is 0 Å². The van der Waals surface area contributed by atoms with E-state index in [-0.39, 0.29) is 0 Å². The molecule has 1 aromatic rings. The number of rotatable bonds is 1. The lowest BCUT2D eigenvalue weighted by atomic mass is 10.2. The van der Waals surface area contributed by atoms with Gasteiger partial charge < -0.3 is 5.32 Å². The van der Waals surface area contributed by atoms with Crippen molar-refractivity contribution in [1.82, 2.24) is 0 Å². The summed E-state index contributed by atoms with van der Waals surface area (Å²) in [5.74, 6) is -0.810. The molecule has 2 nitrogen and oxygen atoms in total. The Balaban J connectivity index is 2.10. The number of nitrogens with one attached hydrogen (secondary N) is 1. The van der Waals surface area contributed by atoms with Crippen LogP contribution in [0.25, 0.3) is 0 Å². The lowest BCUT2D eigenvalue weighted by molar-refractivity contribution is 0.509. The average molecular weight is 210 g/mol. The Kier molecular flexibility index (Phi) is 2.94. The van der Waals surface area contributed by atoms with Crippen LogP contribution in [0.15, 0.2) is 23.2 Å². The lowest BCUT2D eigenvalue weighted by Crippen LogP contribution is -2.16. The third kappa shape index (κ3) is 2.52. The summed E-state index contributed by atoms with van der Waals surface area (Å²) in [6.07, 6.45) is 3.07. The molecule has 2 rings (SSSR count). The maximum Gasteiger partial charge on any atom is 0.160 e. The van der Waals surface area contributed by atoms with E-state index >= 15 is 0 Å². The van der Waals surface area contributed by atoms with Crippen LogP contribution in [0.3, 0.4) is 0 Å². The van der Waals surface area contributed by atoms with Crippen molar-refractivity contribution < 1.29 is 8.78 Å². The van der Waals surface area contributed by atoms with Crippen molar-refractivity contribution in [2.75, 3.05) is 11.9 Å². The molecule has 0 fully saturated rings. The summed E-state index contributed by atoms with van der Waals surface area (Å²) in [5.41, 5.74) is 0.551. The van der Waals surface area contributed by atoms with Gasteiger partial charge in [0, 0.05) is 24.7 Å². The molecule has 0 saturated carbocycles. The van der Waals surface area contributed by atoms with E-state index in [1.165, 1.54) is 6.07 Å². The quantitative estimate of drug-likeness (QED) is 0.757. The van der Waals surface area contributed by atoms with Crippen LogP contribution in [-0.4, -0.2) is 12.4 Å². The molecule has 0 aromatic heterocycles. The molecular weight excluding hydrogens is 198 g/mol. The zero-order valence-corrected chi connectivity index (χ0v) is 8.26. The highest BCUT2D eigenvalue weighted by Crippen LogP contribution is 2.15. The van der Waals surface area contributed by atoms with Gasteiger partial charge in [-0.05, 0) is 25.0 Å². The minimum atomic E-state index is -0.837. The summed E-state index contributed by atoms with van der Waals surface area (Å²) in [6, 6.07) is 3.77. The van der Waals surface area contributed by atoms with Gasteiger partial charge in [0.05, 0.1) is 0 Å². The van der Waals surface area contributed by atoms with E-state index in [4.69, 9.17) is 0 Å². The molecule has 1 N–H and O–H groups in total. The van der Waals surface area contributed by atoms with Crippen LogP contribution < -0.4 is 5.32 Å². The summed E-state index contributed by atoms with van der Waals surface area (Å²) in [5, 5.41) is 2.99. The van der Waals surface area contributed by atoms with E-state index in [1.807, 2.05) is 0 Å². The van der Waals surface area contributed by atoms with E-state index in [1.54, 1.807) is 0 Å². The molecule has 1 aliphatic heterocycles. The van der Waals surface area contributed by atoms with Gasteiger partial charge in [0.15, 0.2) is 11.6 Å². The van der Waals surface area contributed by atoms with Crippen molar-refractivity contribution in [3.63, 3.8) is 0 Å². The van der Waals surface area contributed by atoms with Gasteiger partial charge in [-0.15, -0.1) is 0 Å². The number of halogens is 2. The predicted octanol–water partition coefficient (Wildman–Crippen LogP) is 2.96. The topological polar surface area (TPSA) is 24.4 Å². The second-order valence-corrected chi connectivity index (χ2v) is 3.54. The number of hydrogen-bond donors (Lipinski definition) is 1. The summed E-state index contributed by atoms with van der Waals surface area (Å²) in [4.78, 5) is 4.27. The van der Waals surface area contributed by atoms with E-state index in [2.05, 4.69) is 10.3 Å². The Bertz CT molecular complexity index is 388. The smallest absolute Gasteiger partial charge is 0.160 e. The highest BCUT2D eigenvalue weighted by molar-refractivity contribution is 5.95. The molecule has 0 radical (unpaired) electrons. The standard InChI is InChI=1S/C11H12F2N2/c12-9-5-4-8(7-10(9)13)15-11-3-1-2-6-14-11/h4-5,7H,1-3,6H2,(H,14,15). The molecule has 15 heavy (non-hydrogen) atoms. The molecule has 0 amide bonds. The van der Waals surface area contributed by atoms with Gasteiger partial charge in [0.1, 0.15) is 5.84 Å². The molecule has 0 aliphatic carbocycles. The molecule has 0 spiro atoms. The Morgan fingerprint density at radius 2 is 2.00 bits per heavy atom. The highest BCUT2D eigenvalue weighted by Gasteiger charge is 2.07. The first-order valence-corrected chi connectivity index (χ1v) is 5.01. The van der Waals surface area contributed by atoms with Crippen molar-refractivity contribution in [2.24, 2.45) is 4.99 Å². The fourth-order valence-electron chi connectivity index (χ4n) is 1.54. The third-order valence-electron chi connectivity index (χ3n) is 2.33. The van der Waals surface area contributed by atoms with Gasteiger partial charge in [-0.3, -0.25) is 4.99 Å². The molecule has 0 saturated heterocycles. The number of aliphatic imine (C=N–C) groups is 1. The van der Waals surface area contributed by atoms with Gasteiger partial charge in [-0.1, -0.05) is 0 Å². The van der Waals surface area contributed by atoms with Crippen molar-refractivity contribution in [2.45, 2.75) is 19.3 Å². The second-order valence-electron chi connectivity index (χ2n) is 3.54. The van der Waals surface area contributed by atoms with E-state index < -0.39 is 11.6 Å². The minimum absolute atomic E-state index is 0.551.